The van der Waals surface area contributed by atoms with Gasteiger partial charge in [-0.1, -0.05) is 48.0 Å². The Morgan fingerprint density at radius 3 is 2.42 bits per heavy atom. The molecule has 3 rings (SSSR count). The first-order valence-corrected chi connectivity index (χ1v) is 10.3. The van der Waals surface area contributed by atoms with Gasteiger partial charge in [-0.05, 0) is 50.3 Å². The first-order chi connectivity index (χ1) is 12.3. The highest BCUT2D eigenvalue weighted by Crippen LogP contribution is 2.20. The SMILES string of the molecule is Cc1ccc(S(=O)(=O)NC(Cc2ccccc2)C(=O)NC2CC2)c(C)c1. The summed E-state index contributed by atoms with van der Waals surface area (Å²) in [5.74, 6) is -0.273. The number of benzene rings is 2. The molecule has 5 nitrogen and oxygen atoms in total. The largest absolute Gasteiger partial charge is 0.352 e. The molecule has 138 valence electrons. The van der Waals surface area contributed by atoms with E-state index in [1.807, 2.05) is 43.3 Å². The molecule has 2 N–H and O–H groups in total. The Labute approximate surface area is 154 Å². The van der Waals surface area contributed by atoms with Crippen LogP contribution in [-0.4, -0.2) is 26.4 Å². The fraction of sp³-hybridized carbons (Fsp3) is 0.350. The summed E-state index contributed by atoms with van der Waals surface area (Å²) in [7, 11) is -3.80. The van der Waals surface area contributed by atoms with E-state index >= 15 is 0 Å². The Morgan fingerprint density at radius 1 is 1.12 bits per heavy atom. The molecule has 2 aromatic rings. The molecule has 0 saturated heterocycles. The van der Waals surface area contributed by atoms with E-state index in [-0.39, 0.29) is 16.8 Å². The highest BCUT2D eigenvalue weighted by molar-refractivity contribution is 7.89. The third-order valence-electron chi connectivity index (χ3n) is 4.44. The van der Waals surface area contributed by atoms with E-state index in [0.717, 1.165) is 24.0 Å². The number of amides is 1. The molecule has 0 aromatic heterocycles. The van der Waals surface area contributed by atoms with Crippen LogP contribution in [0.3, 0.4) is 0 Å². The predicted octanol–water partition coefficient (Wildman–Crippen LogP) is 2.47. The number of aryl methyl sites for hydroxylation is 2. The van der Waals surface area contributed by atoms with Crippen LogP contribution < -0.4 is 10.0 Å². The van der Waals surface area contributed by atoms with Gasteiger partial charge < -0.3 is 5.32 Å². The maximum atomic E-state index is 12.9. The zero-order valence-electron chi connectivity index (χ0n) is 15.0. The van der Waals surface area contributed by atoms with Crippen LogP contribution in [0.25, 0.3) is 0 Å². The second-order valence-corrected chi connectivity index (χ2v) is 8.60. The Hall–Kier alpha value is -2.18. The van der Waals surface area contributed by atoms with Gasteiger partial charge in [-0.25, -0.2) is 8.42 Å². The third kappa shape index (κ3) is 4.71. The van der Waals surface area contributed by atoms with Crippen molar-refractivity contribution in [1.82, 2.24) is 10.0 Å². The summed E-state index contributed by atoms with van der Waals surface area (Å²) in [6.07, 6.45) is 2.21. The summed E-state index contributed by atoms with van der Waals surface area (Å²) >= 11 is 0. The van der Waals surface area contributed by atoms with E-state index in [4.69, 9.17) is 0 Å². The van der Waals surface area contributed by atoms with E-state index in [1.165, 1.54) is 0 Å². The Morgan fingerprint density at radius 2 is 1.81 bits per heavy atom. The van der Waals surface area contributed by atoms with Crippen LogP contribution in [0.15, 0.2) is 53.4 Å². The van der Waals surface area contributed by atoms with Crippen molar-refractivity contribution < 1.29 is 13.2 Å². The minimum Gasteiger partial charge on any atom is -0.352 e. The van der Waals surface area contributed by atoms with Gasteiger partial charge in [0.1, 0.15) is 6.04 Å². The highest BCUT2D eigenvalue weighted by Gasteiger charge is 2.31. The van der Waals surface area contributed by atoms with E-state index in [0.29, 0.717) is 12.0 Å². The molecule has 1 aliphatic rings. The van der Waals surface area contributed by atoms with Gasteiger partial charge in [0.25, 0.3) is 0 Å². The van der Waals surface area contributed by atoms with E-state index in [1.54, 1.807) is 19.1 Å². The molecule has 6 heteroatoms. The van der Waals surface area contributed by atoms with Gasteiger partial charge in [-0.2, -0.15) is 4.72 Å². The van der Waals surface area contributed by atoms with Gasteiger partial charge >= 0.3 is 0 Å². The lowest BCUT2D eigenvalue weighted by Gasteiger charge is -2.19. The molecule has 0 bridgehead atoms. The number of nitrogens with one attached hydrogen (secondary N) is 2. The van der Waals surface area contributed by atoms with Crippen molar-refractivity contribution in [3.05, 3.63) is 65.2 Å². The minimum absolute atomic E-state index is 0.173. The van der Waals surface area contributed by atoms with Crippen LogP contribution in [0.4, 0.5) is 0 Å². The number of carbonyl (C=O) groups excluding carboxylic acids is 1. The number of sulfonamides is 1. The van der Waals surface area contributed by atoms with Gasteiger partial charge in [-0.3, -0.25) is 4.79 Å². The summed E-state index contributed by atoms with van der Waals surface area (Å²) in [5.41, 5.74) is 2.57. The lowest BCUT2D eigenvalue weighted by atomic mass is 10.1. The normalized spacial score (nSPS) is 15.5. The molecular formula is C20H24N2O3S. The van der Waals surface area contributed by atoms with Crippen molar-refractivity contribution in [1.29, 1.82) is 0 Å². The van der Waals surface area contributed by atoms with Crippen LogP contribution in [0, 0.1) is 13.8 Å². The van der Waals surface area contributed by atoms with Gasteiger partial charge in [-0.15, -0.1) is 0 Å². The third-order valence-corrected chi connectivity index (χ3v) is 6.07. The lowest BCUT2D eigenvalue weighted by Crippen LogP contribution is -2.48. The summed E-state index contributed by atoms with van der Waals surface area (Å²) < 4.78 is 28.4. The second-order valence-electron chi connectivity index (χ2n) is 6.92. The topological polar surface area (TPSA) is 75.3 Å². The predicted molar refractivity (Wildman–Crippen MR) is 101 cm³/mol. The van der Waals surface area contributed by atoms with Crippen molar-refractivity contribution in [2.24, 2.45) is 0 Å². The fourth-order valence-electron chi connectivity index (χ4n) is 2.92. The van der Waals surface area contributed by atoms with Gasteiger partial charge in [0.15, 0.2) is 0 Å². The van der Waals surface area contributed by atoms with Crippen molar-refractivity contribution in [2.45, 2.75) is 50.1 Å². The summed E-state index contributed by atoms with van der Waals surface area (Å²) in [5, 5.41) is 2.91. The fourth-order valence-corrected chi connectivity index (χ4v) is 4.34. The van der Waals surface area contributed by atoms with Crippen molar-refractivity contribution in [2.75, 3.05) is 0 Å². The lowest BCUT2D eigenvalue weighted by molar-refractivity contribution is -0.122. The molecule has 1 aliphatic carbocycles. The van der Waals surface area contributed by atoms with Crippen molar-refractivity contribution >= 4 is 15.9 Å². The molecule has 2 aromatic carbocycles. The van der Waals surface area contributed by atoms with Crippen molar-refractivity contribution in [3.8, 4) is 0 Å². The molecule has 0 spiro atoms. The van der Waals surface area contributed by atoms with Crippen molar-refractivity contribution in [3.63, 3.8) is 0 Å². The van der Waals surface area contributed by atoms with Gasteiger partial charge in [0.05, 0.1) is 4.90 Å². The average molecular weight is 372 g/mol. The van der Waals surface area contributed by atoms with Crippen LogP contribution in [0.2, 0.25) is 0 Å². The zero-order chi connectivity index (χ0) is 18.7. The first kappa shape index (κ1) is 18.6. The molecule has 1 fully saturated rings. The summed E-state index contributed by atoms with van der Waals surface area (Å²) in [6, 6.07) is 13.9. The van der Waals surface area contributed by atoms with E-state index < -0.39 is 16.1 Å². The van der Waals surface area contributed by atoms with Gasteiger partial charge in [0.2, 0.25) is 15.9 Å². The maximum Gasteiger partial charge on any atom is 0.241 e. The molecule has 1 amide bonds. The molecular weight excluding hydrogens is 348 g/mol. The van der Waals surface area contributed by atoms with E-state index in [9.17, 15) is 13.2 Å². The number of hydrogen-bond acceptors (Lipinski definition) is 3. The molecule has 0 aliphatic heterocycles. The summed E-state index contributed by atoms with van der Waals surface area (Å²) in [6.45, 7) is 3.68. The standard InChI is InChI=1S/C20H24N2O3S/c1-14-8-11-19(15(2)12-14)26(24,25)22-18(20(23)21-17-9-10-17)13-16-6-4-3-5-7-16/h3-8,11-12,17-18,22H,9-10,13H2,1-2H3,(H,21,23). The molecule has 0 heterocycles. The van der Waals surface area contributed by atoms with Crippen LogP contribution in [0.1, 0.15) is 29.5 Å². The molecule has 1 atom stereocenters. The second kappa shape index (κ2) is 7.60. The molecule has 1 saturated carbocycles. The molecule has 26 heavy (non-hydrogen) atoms. The van der Waals surface area contributed by atoms with Gasteiger partial charge in [0, 0.05) is 6.04 Å². The first-order valence-electron chi connectivity index (χ1n) is 8.79. The number of hydrogen-bond donors (Lipinski definition) is 2. The monoisotopic (exact) mass is 372 g/mol. The number of rotatable bonds is 7. The Bertz CT molecular complexity index is 891. The zero-order valence-corrected chi connectivity index (χ0v) is 15.8. The Kier molecular flexibility index (Phi) is 5.44. The molecule has 1 unspecified atom stereocenters. The number of carbonyl (C=O) groups is 1. The van der Waals surface area contributed by atoms with E-state index in [2.05, 4.69) is 10.0 Å². The minimum atomic E-state index is -3.80. The van der Waals surface area contributed by atoms with Crippen LogP contribution >= 0.6 is 0 Å². The van der Waals surface area contributed by atoms with Crippen LogP contribution in [0.5, 0.6) is 0 Å². The highest BCUT2D eigenvalue weighted by atomic mass is 32.2. The van der Waals surface area contributed by atoms with Crippen LogP contribution in [-0.2, 0) is 21.2 Å². The molecule has 0 radical (unpaired) electrons. The quantitative estimate of drug-likeness (QED) is 0.784. The summed E-state index contributed by atoms with van der Waals surface area (Å²) in [4.78, 5) is 12.8. The average Bonchev–Trinajstić information content (AvgIpc) is 3.38. The smallest absolute Gasteiger partial charge is 0.241 e. The Balaban J connectivity index is 1.84. The maximum absolute atomic E-state index is 12.9.